The number of nitrogens with zero attached hydrogens (tertiary/aromatic N) is 1. The van der Waals surface area contributed by atoms with E-state index in [0.29, 0.717) is 35.7 Å². The average molecular weight is 499 g/mol. The van der Waals surface area contributed by atoms with Crippen LogP contribution in [0.4, 0.5) is 18.9 Å². The van der Waals surface area contributed by atoms with E-state index >= 15 is 0 Å². The summed E-state index contributed by atoms with van der Waals surface area (Å²) in [6.07, 6.45) is -4.64. The smallest absolute Gasteiger partial charge is 0.416 e. The van der Waals surface area contributed by atoms with Crippen LogP contribution in [0.25, 0.3) is 0 Å². The lowest BCUT2D eigenvalue weighted by Gasteiger charge is -2.23. The van der Waals surface area contributed by atoms with Crippen molar-refractivity contribution in [2.75, 3.05) is 12.4 Å². The summed E-state index contributed by atoms with van der Waals surface area (Å²) in [6.45, 7) is 2.47. The number of fused-ring (bicyclic) bond motifs is 1. The molecule has 0 fully saturated rings. The van der Waals surface area contributed by atoms with Crippen LogP contribution in [-0.4, -0.2) is 29.9 Å². The largest absolute Gasteiger partial charge is 0.497 e. The van der Waals surface area contributed by atoms with Gasteiger partial charge in [-0.15, -0.1) is 0 Å². The molecule has 36 heavy (non-hydrogen) atoms. The van der Waals surface area contributed by atoms with E-state index in [9.17, 15) is 22.8 Å². The minimum absolute atomic E-state index is 0.0927. The number of nitrogens with one attached hydrogen (secondary N) is 1. The molecule has 188 valence electrons. The van der Waals surface area contributed by atoms with Crippen LogP contribution in [0.3, 0.4) is 0 Å². The lowest BCUT2D eigenvalue weighted by Crippen LogP contribution is -2.38. The van der Waals surface area contributed by atoms with Crippen molar-refractivity contribution < 1.29 is 32.2 Å². The van der Waals surface area contributed by atoms with E-state index < -0.39 is 23.8 Å². The molecule has 6 nitrogen and oxygen atoms in total. The number of methoxy groups -OCH3 is 1. The number of ether oxygens (including phenoxy) is 2. The molecule has 0 saturated carbocycles. The number of halogens is 3. The van der Waals surface area contributed by atoms with Gasteiger partial charge < -0.3 is 19.7 Å². The summed E-state index contributed by atoms with van der Waals surface area (Å²) >= 11 is 0. The number of rotatable bonds is 6. The van der Waals surface area contributed by atoms with Crippen LogP contribution < -0.4 is 14.8 Å². The maximum Gasteiger partial charge on any atom is 0.416 e. The molecule has 1 N–H and O–H groups in total. The van der Waals surface area contributed by atoms with E-state index in [0.717, 1.165) is 29.8 Å². The van der Waals surface area contributed by atoms with Gasteiger partial charge in [0, 0.05) is 29.9 Å². The Bertz CT molecular complexity index is 1260. The Kier molecular flexibility index (Phi) is 7.19. The third-order valence-corrected chi connectivity index (χ3v) is 5.89. The van der Waals surface area contributed by atoms with Crippen molar-refractivity contribution in [3.63, 3.8) is 0 Å². The van der Waals surface area contributed by atoms with E-state index in [2.05, 4.69) is 5.32 Å². The maximum atomic E-state index is 13.2. The first-order valence-electron chi connectivity index (χ1n) is 11.4. The molecule has 1 heterocycles. The summed E-state index contributed by atoms with van der Waals surface area (Å²) < 4.78 is 49.7. The Balaban J connectivity index is 1.55. The van der Waals surface area contributed by atoms with Gasteiger partial charge in [-0.1, -0.05) is 19.1 Å². The molecule has 1 atom stereocenters. The molecule has 0 unspecified atom stereocenters. The Morgan fingerprint density at radius 3 is 2.53 bits per heavy atom. The standard InChI is InChI=1S/C27H25F3N2O4/c1-3-23-26(34)32(15-17-5-4-6-22(13-17)35-2)16-19-14-21(11-12-24(19)36-23)31-25(33)18-7-9-20(10-8-18)27(28,29)30/h4-14,23H,3,15-16H2,1-2H3,(H,31,33)/t23-/m0/s1. The van der Waals surface area contributed by atoms with Crippen molar-refractivity contribution in [3.8, 4) is 11.5 Å². The fourth-order valence-corrected chi connectivity index (χ4v) is 3.98. The maximum absolute atomic E-state index is 13.2. The van der Waals surface area contributed by atoms with Gasteiger partial charge in [0.1, 0.15) is 11.5 Å². The van der Waals surface area contributed by atoms with Crippen molar-refractivity contribution in [2.45, 2.75) is 38.7 Å². The van der Waals surface area contributed by atoms with Crippen LogP contribution >= 0.6 is 0 Å². The molecule has 0 saturated heterocycles. The molecule has 0 aromatic heterocycles. The molecule has 0 bridgehead atoms. The summed E-state index contributed by atoms with van der Waals surface area (Å²) in [5.74, 6) is 0.531. The zero-order valence-electron chi connectivity index (χ0n) is 19.8. The molecule has 0 spiro atoms. The number of hydrogen-bond donors (Lipinski definition) is 1. The highest BCUT2D eigenvalue weighted by Crippen LogP contribution is 2.31. The molecule has 3 aromatic rings. The fraction of sp³-hybridized carbons (Fsp3) is 0.259. The normalized spacial score (nSPS) is 15.5. The average Bonchev–Trinajstić information content (AvgIpc) is 2.99. The molecule has 1 aliphatic rings. The highest BCUT2D eigenvalue weighted by atomic mass is 19.4. The number of benzene rings is 3. The molecule has 1 aliphatic heterocycles. The van der Waals surface area contributed by atoms with Gasteiger partial charge in [-0.05, 0) is 66.6 Å². The Hall–Kier alpha value is -4.01. The SMILES string of the molecule is CC[C@@H]1Oc2ccc(NC(=O)c3ccc(C(F)(F)F)cc3)cc2CN(Cc2cccc(OC)c2)C1=O. The number of carbonyl (C=O) groups excluding carboxylic acids is 2. The highest BCUT2D eigenvalue weighted by Gasteiger charge is 2.31. The second-order valence-electron chi connectivity index (χ2n) is 8.41. The Morgan fingerprint density at radius 2 is 1.86 bits per heavy atom. The van der Waals surface area contributed by atoms with E-state index in [4.69, 9.17) is 9.47 Å². The monoisotopic (exact) mass is 498 g/mol. The Labute approximate surface area is 206 Å². The van der Waals surface area contributed by atoms with E-state index in [1.54, 1.807) is 30.2 Å². The molecule has 9 heteroatoms. The molecular weight excluding hydrogens is 473 g/mol. The zero-order valence-corrected chi connectivity index (χ0v) is 19.8. The van der Waals surface area contributed by atoms with Crippen LogP contribution in [-0.2, 0) is 24.1 Å². The highest BCUT2D eigenvalue weighted by molar-refractivity contribution is 6.04. The summed E-state index contributed by atoms with van der Waals surface area (Å²) in [6, 6.07) is 16.5. The second kappa shape index (κ2) is 10.3. The van der Waals surface area contributed by atoms with Crippen molar-refractivity contribution >= 4 is 17.5 Å². The van der Waals surface area contributed by atoms with Crippen molar-refractivity contribution in [1.82, 2.24) is 4.90 Å². The van der Waals surface area contributed by atoms with Gasteiger partial charge in [-0.25, -0.2) is 0 Å². The van der Waals surface area contributed by atoms with Crippen molar-refractivity contribution in [3.05, 3.63) is 89.0 Å². The van der Waals surface area contributed by atoms with Crippen LogP contribution in [0.2, 0.25) is 0 Å². The zero-order chi connectivity index (χ0) is 25.9. The van der Waals surface area contributed by atoms with Crippen LogP contribution in [0.1, 0.15) is 40.4 Å². The van der Waals surface area contributed by atoms with Crippen molar-refractivity contribution in [1.29, 1.82) is 0 Å². The lowest BCUT2D eigenvalue weighted by atomic mass is 10.1. The van der Waals surface area contributed by atoms with Gasteiger partial charge in [-0.2, -0.15) is 13.2 Å². The molecule has 0 radical (unpaired) electrons. The summed E-state index contributed by atoms with van der Waals surface area (Å²) in [5.41, 5.74) is 1.30. The number of hydrogen-bond acceptors (Lipinski definition) is 4. The minimum atomic E-state index is -4.48. The van der Waals surface area contributed by atoms with Crippen LogP contribution in [0.5, 0.6) is 11.5 Å². The number of alkyl halides is 3. The van der Waals surface area contributed by atoms with E-state index in [-0.39, 0.29) is 18.0 Å². The van der Waals surface area contributed by atoms with Crippen molar-refractivity contribution in [2.24, 2.45) is 0 Å². The summed E-state index contributed by atoms with van der Waals surface area (Å²) in [7, 11) is 1.58. The quantitative estimate of drug-likeness (QED) is 0.476. The summed E-state index contributed by atoms with van der Waals surface area (Å²) in [4.78, 5) is 27.5. The van der Waals surface area contributed by atoms with Crippen LogP contribution in [0, 0.1) is 0 Å². The molecule has 2 amide bonds. The lowest BCUT2D eigenvalue weighted by molar-refractivity contribution is -0.139. The number of amides is 2. The van der Waals surface area contributed by atoms with Gasteiger partial charge in [-0.3, -0.25) is 9.59 Å². The first-order valence-corrected chi connectivity index (χ1v) is 11.4. The molecular formula is C27H25F3N2O4. The minimum Gasteiger partial charge on any atom is -0.497 e. The topological polar surface area (TPSA) is 67.9 Å². The first-order chi connectivity index (χ1) is 17.2. The number of anilines is 1. The first kappa shape index (κ1) is 25.1. The third kappa shape index (κ3) is 5.62. The van der Waals surface area contributed by atoms with E-state index in [1.807, 2.05) is 31.2 Å². The third-order valence-electron chi connectivity index (χ3n) is 5.89. The van der Waals surface area contributed by atoms with Gasteiger partial charge in [0.2, 0.25) is 0 Å². The van der Waals surface area contributed by atoms with Gasteiger partial charge >= 0.3 is 6.18 Å². The predicted molar refractivity (Wildman–Crippen MR) is 128 cm³/mol. The van der Waals surface area contributed by atoms with Gasteiger partial charge in [0.05, 0.1) is 12.7 Å². The van der Waals surface area contributed by atoms with E-state index in [1.165, 1.54) is 0 Å². The predicted octanol–water partition coefficient (Wildman–Crippen LogP) is 5.67. The van der Waals surface area contributed by atoms with Crippen LogP contribution in [0.15, 0.2) is 66.7 Å². The fourth-order valence-electron chi connectivity index (χ4n) is 3.98. The summed E-state index contributed by atoms with van der Waals surface area (Å²) in [5, 5.41) is 2.71. The molecule has 4 rings (SSSR count). The second-order valence-corrected chi connectivity index (χ2v) is 8.41. The molecule has 3 aromatic carbocycles. The van der Waals surface area contributed by atoms with Gasteiger partial charge in [0.15, 0.2) is 6.10 Å². The number of carbonyl (C=O) groups is 2. The Morgan fingerprint density at radius 1 is 1.11 bits per heavy atom. The molecule has 0 aliphatic carbocycles. The van der Waals surface area contributed by atoms with Gasteiger partial charge in [0.25, 0.3) is 11.8 Å².